The number of fused-ring (bicyclic) bond motifs is 1. The fourth-order valence-corrected chi connectivity index (χ4v) is 8.65. The SMILES string of the molecule is CCCc1nc2c(C)nc(N(C)C)nc2n1Cc1ccc(-c2cc([Si](C)(C)C)sc2N(C(=O)c2ccccc2)S(=O)[O-])cc1. The number of aryl methyl sites for hydroxylation is 2. The Morgan fingerprint density at radius 2 is 1.70 bits per heavy atom. The van der Waals surface area contributed by atoms with Crippen molar-refractivity contribution >= 4 is 63.2 Å². The standard InChI is InChI=1S/C32H38N6O3S2Si/c1-8-12-26-34-28-21(2)33-32(36(3)4)35-29(28)37(26)20-22-15-17-23(18-16-22)25-19-27(44(5,6)7)42-31(25)38(43(40)41)30(39)24-13-10-9-11-14-24/h9-11,13-19H,8,12,20H2,1-7H3,(H,40,41)/p-1. The molecule has 0 bridgehead atoms. The van der Waals surface area contributed by atoms with E-state index in [4.69, 9.17) is 9.97 Å². The molecule has 44 heavy (non-hydrogen) atoms. The summed E-state index contributed by atoms with van der Waals surface area (Å²) in [5, 5.41) is 0.409. The maximum Gasteiger partial charge on any atom is 0.270 e. The first kappa shape index (κ1) is 31.7. The van der Waals surface area contributed by atoms with Crippen LogP contribution in [-0.2, 0) is 24.2 Å². The highest BCUT2D eigenvalue weighted by molar-refractivity contribution is 7.82. The van der Waals surface area contributed by atoms with Gasteiger partial charge in [0.2, 0.25) is 5.95 Å². The number of rotatable bonds is 10. The molecule has 0 radical (unpaired) electrons. The summed E-state index contributed by atoms with van der Waals surface area (Å²) in [6.45, 7) is 11.3. The molecule has 0 aliphatic heterocycles. The first-order valence-electron chi connectivity index (χ1n) is 14.5. The van der Waals surface area contributed by atoms with Gasteiger partial charge in [0, 0.05) is 31.6 Å². The summed E-state index contributed by atoms with van der Waals surface area (Å²) in [6.07, 6.45) is 1.77. The second-order valence-electron chi connectivity index (χ2n) is 12.0. The molecule has 9 nitrogen and oxygen atoms in total. The molecule has 1 unspecified atom stereocenters. The number of hydrogen-bond acceptors (Lipinski definition) is 8. The molecule has 230 valence electrons. The molecule has 0 fully saturated rings. The molecular formula is C32H37N6O3S2Si-. The van der Waals surface area contributed by atoms with Crippen molar-refractivity contribution in [2.24, 2.45) is 0 Å². The van der Waals surface area contributed by atoms with Gasteiger partial charge in [-0.3, -0.25) is 9.00 Å². The molecule has 0 aliphatic rings. The van der Waals surface area contributed by atoms with Crippen molar-refractivity contribution in [3.8, 4) is 11.1 Å². The summed E-state index contributed by atoms with van der Waals surface area (Å²) >= 11 is -1.41. The summed E-state index contributed by atoms with van der Waals surface area (Å²) in [6, 6.07) is 18.7. The maximum absolute atomic E-state index is 13.5. The summed E-state index contributed by atoms with van der Waals surface area (Å²) < 4.78 is 29.3. The van der Waals surface area contributed by atoms with Crippen molar-refractivity contribution in [2.45, 2.75) is 52.9 Å². The van der Waals surface area contributed by atoms with Crippen LogP contribution in [0.1, 0.15) is 40.8 Å². The molecule has 3 heterocycles. The third-order valence-electron chi connectivity index (χ3n) is 7.31. The number of benzene rings is 2. The van der Waals surface area contributed by atoms with Crippen LogP contribution in [0.5, 0.6) is 0 Å². The number of anilines is 2. The molecule has 2 aromatic carbocycles. The van der Waals surface area contributed by atoms with E-state index in [2.05, 4.69) is 42.2 Å². The largest absolute Gasteiger partial charge is 0.755 e. The second-order valence-corrected chi connectivity index (χ2v) is 19.2. The monoisotopic (exact) mass is 645 g/mol. The Labute approximate surface area is 266 Å². The van der Waals surface area contributed by atoms with Gasteiger partial charge in [-0.25, -0.2) is 14.3 Å². The summed E-state index contributed by atoms with van der Waals surface area (Å²) in [5.74, 6) is 1.03. The number of carbonyl (C=O) groups excluding carboxylic acids is 1. The fraction of sp³-hybridized carbons (Fsp3) is 0.312. The molecule has 0 aliphatic carbocycles. The van der Waals surface area contributed by atoms with Gasteiger partial charge >= 0.3 is 0 Å². The third kappa shape index (κ3) is 6.39. The molecule has 1 amide bonds. The van der Waals surface area contributed by atoms with Gasteiger partial charge in [-0.05, 0) is 47.2 Å². The smallest absolute Gasteiger partial charge is 0.270 e. The van der Waals surface area contributed by atoms with E-state index in [0.717, 1.165) is 61.0 Å². The van der Waals surface area contributed by atoms with Crippen molar-refractivity contribution in [3.05, 3.63) is 83.3 Å². The Bertz CT molecular complexity index is 1830. The average molecular weight is 646 g/mol. The quantitative estimate of drug-likeness (QED) is 0.137. The minimum Gasteiger partial charge on any atom is -0.755 e. The zero-order chi connectivity index (χ0) is 31.8. The number of amides is 1. The van der Waals surface area contributed by atoms with Gasteiger partial charge in [0.15, 0.2) is 5.65 Å². The Kier molecular flexibility index (Phi) is 9.17. The van der Waals surface area contributed by atoms with Crippen LogP contribution in [0.25, 0.3) is 22.3 Å². The Balaban J connectivity index is 1.56. The zero-order valence-corrected chi connectivity index (χ0v) is 28.8. The van der Waals surface area contributed by atoms with Gasteiger partial charge in [0.25, 0.3) is 5.91 Å². The van der Waals surface area contributed by atoms with Crippen LogP contribution < -0.4 is 13.7 Å². The lowest BCUT2D eigenvalue weighted by atomic mass is 10.1. The molecule has 5 aromatic rings. The molecule has 5 rings (SSSR count). The predicted octanol–water partition coefficient (Wildman–Crippen LogP) is 5.92. The number of imidazole rings is 1. The van der Waals surface area contributed by atoms with E-state index >= 15 is 0 Å². The van der Waals surface area contributed by atoms with E-state index in [-0.39, 0.29) is 0 Å². The Morgan fingerprint density at radius 3 is 2.30 bits per heavy atom. The van der Waals surface area contributed by atoms with E-state index in [9.17, 15) is 13.6 Å². The molecular weight excluding hydrogens is 609 g/mol. The normalized spacial score (nSPS) is 12.5. The third-order valence-corrected chi connectivity index (χ3v) is 12.8. The second kappa shape index (κ2) is 12.7. The number of nitrogens with zero attached hydrogens (tertiary/aromatic N) is 6. The number of thiophene rings is 1. The number of aromatic nitrogens is 4. The van der Waals surface area contributed by atoms with Crippen LogP contribution in [-0.4, -0.2) is 56.4 Å². The van der Waals surface area contributed by atoms with E-state index in [1.54, 1.807) is 30.3 Å². The van der Waals surface area contributed by atoms with Gasteiger partial charge in [-0.2, -0.15) is 4.98 Å². The highest BCUT2D eigenvalue weighted by Crippen LogP contribution is 2.38. The van der Waals surface area contributed by atoms with Gasteiger partial charge < -0.3 is 14.0 Å². The van der Waals surface area contributed by atoms with Crippen LogP contribution >= 0.6 is 11.3 Å². The first-order valence-corrected chi connectivity index (χ1v) is 19.9. The minimum atomic E-state index is -2.80. The van der Waals surface area contributed by atoms with Crippen molar-refractivity contribution in [3.63, 3.8) is 0 Å². The topological polar surface area (TPSA) is 107 Å². The van der Waals surface area contributed by atoms with Crippen molar-refractivity contribution in [1.82, 2.24) is 19.5 Å². The average Bonchev–Trinajstić information content (AvgIpc) is 3.57. The number of hydrogen-bond donors (Lipinski definition) is 0. The van der Waals surface area contributed by atoms with Crippen molar-refractivity contribution in [1.29, 1.82) is 0 Å². The van der Waals surface area contributed by atoms with Crippen LogP contribution in [0.15, 0.2) is 60.7 Å². The van der Waals surface area contributed by atoms with E-state index in [1.165, 1.54) is 11.3 Å². The molecule has 12 heteroatoms. The lowest BCUT2D eigenvalue weighted by molar-refractivity contribution is 0.101. The highest BCUT2D eigenvalue weighted by atomic mass is 32.2. The molecule has 0 saturated carbocycles. The molecule has 1 atom stereocenters. The summed E-state index contributed by atoms with van der Waals surface area (Å²) in [7, 11) is 2.02. The first-order chi connectivity index (χ1) is 20.9. The van der Waals surface area contributed by atoms with E-state index < -0.39 is 25.2 Å². The maximum atomic E-state index is 13.5. The predicted molar refractivity (Wildman–Crippen MR) is 182 cm³/mol. The minimum absolute atomic E-state index is 0.313. The molecule has 0 spiro atoms. The molecule has 0 N–H and O–H groups in total. The number of carbonyl (C=O) groups is 1. The summed E-state index contributed by atoms with van der Waals surface area (Å²) in [5.41, 5.74) is 5.41. The fourth-order valence-electron chi connectivity index (χ4n) is 4.96. The van der Waals surface area contributed by atoms with Crippen molar-refractivity contribution < 1.29 is 13.6 Å². The lowest BCUT2D eigenvalue weighted by Gasteiger charge is -2.24. The lowest BCUT2D eigenvalue weighted by Crippen LogP contribution is -2.35. The molecule has 0 saturated heterocycles. The van der Waals surface area contributed by atoms with E-state index in [1.807, 2.05) is 50.2 Å². The van der Waals surface area contributed by atoms with Crippen LogP contribution in [0.2, 0.25) is 19.6 Å². The highest BCUT2D eigenvalue weighted by Gasteiger charge is 2.29. The Morgan fingerprint density at radius 1 is 1.02 bits per heavy atom. The van der Waals surface area contributed by atoms with E-state index in [0.29, 0.717) is 23.1 Å². The van der Waals surface area contributed by atoms with Gasteiger partial charge in [-0.15, -0.1) is 11.3 Å². The van der Waals surface area contributed by atoms with Crippen LogP contribution in [0.3, 0.4) is 0 Å². The van der Waals surface area contributed by atoms with Gasteiger partial charge in [0.05, 0.1) is 31.6 Å². The summed E-state index contributed by atoms with van der Waals surface area (Å²) in [4.78, 5) is 29.7. The van der Waals surface area contributed by atoms with Crippen LogP contribution in [0, 0.1) is 6.92 Å². The van der Waals surface area contributed by atoms with Crippen LogP contribution in [0.4, 0.5) is 10.9 Å². The molecule has 3 aromatic heterocycles. The van der Waals surface area contributed by atoms with Crippen molar-refractivity contribution in [2.75, 3.05) is 23.3 Å². The zero-order valence-electron chi connectivity index (χ0n) is 26.1. The van der Waals surface area contributed by atoms with Gasteiger partial charge in [-0.1, -0.05) is 69.0 Å². The Hall–Kier alpha value is -3.71. The van der Waals surface area contributed by atoms with Gasteiger partial charge in [0.1, 0.15) is 16.3 Å².